The summed E-state index contributed by atoms with van der Waals surface area (Å²) in [6.07, 6.45) is 1.03. The van der Waals surface area contributed by atoms with Gasteiger partial charge < -0.3 is 5.32 Å². The monoisotopic (exact) mass is 247 g/mol. The first kappa shape index (κ1) is 11.9. The van der Waals surface area contributed by atoms with Crippen molar-refractivity contribution in [3.05, 3.63) is 10.0 Å². The molecule has 1 fully saturated rings. The molecule has 90 valence electrons. The van der Waals surface area contributed by atoms with Crippen LogP contribution in [-0.2, 0) is 6.54 Å². The molecule has 16 heavy (non-hydrogen) atoms. The minimum absolute atomic E-state index is 0.0153. The molecule has 6 heteroatoms. The van der Waals surface area contributed by atoms with E-state index < -0.39 is 5.92 Å². The normalized spacial score (nSPS) is 21.2. The fraction of sp³-hybridized carbons (Fsp3) is 0.800. The van der Waals surface area contributed by atoms with E-state index in [0.717, 1.165) is 10.0 Å². The summed E-state index contributed by atoms with van der Waals surface area (Å²) < 4.78 is 26.0. The van der Waals surface area contributed by atoms with Gasteiger partial charge in [-0.25, -0.2) is 8.78 Å². The van der Waals surface area contributed by atoms with Crippen LogP contribution in [0.4, 0.5) is 8.78 Å². The van der Waals surface area contributed by atoms with Crippen LogP contribution in [0.2, 0.25) is 0 Å². The molecule has 1 aliphatic rings. The van der Waals surface area contributed by atoms with Gasteiger partial charge in [-0.05, 0) is 19.9 Å². The third-order valence-electron chi connectivity index (χ3n) is 2.88. The highest BCUT2D eigenvalue weighted by Crippen LogP contribution is 2.41. The lowest BCUT2D eigenvalue weighted by molar-refractivity contribution is -0.0382. The lowest BCUT2D eigenvalue weighted by atomic mass is 9.87. The van der Waals surface area contributed by atoms with E-state index in [0.29, 0.717) is 19.4 Å². The first-order valence-corrected chi connectivity index (χ1v) is 6.27. The Kier molecular flexibility index (Phi) is 3.49. The Labute approximate surface area is 97.3 Å². The molecule has 0 bridgehead atoms. The molecule has 0 radical (unpaired) electrons. The Morgan fingerprint density at radius 1 is 1.38 bits per heavy atom. The zero-order chi connectivity index (χ0) is 11.6. The summed E-state index contributed by atoms with van der Waals surface area (Å²) in [5.74, 6) is -2.28. The number of hydrogen-bond donors (Lipinski definition) is 1. The van der Waals surface area contributed by atoms with Crippen molar-refractivity contribution in [2.75, 3.05) is 7.05 Å². The number of hydrogen-bond acceptors (Lipinski definition) is 4. The molecule has 1 heterocycles. The summed E-state index contributed by atoms with van der Waals surface area (Å²) >= 11 is 1.53. The molecule has 0 spiro atoms. The second-order valence-electron chi connectivity index (χ2n) is 4.19. The highest BCUT2D eigenvalue weighted by atomic mass is 32.1. The molecule has 2 rings (SSSR count). The van der Waals surface area contributed by atoms with Gasteiger partial charge in [-0.2, -0.15) is 0 Å². The van der Waals surface area contributed by atoms with Crippen LogP contribution in [0, 0.1) is 0 Å². The largest absolute Gasteiger partial charge is 0.313 e. The number of aromatic nitrogens is 2. The maximum atomic E-state index is 13.0. The summed E-state index contributed by atoms with van der Waals surface area (Å²) in [6.45, 7) is 0.695. The summed E-state index contributed by atoms with van der Waals surface area (Å²) in [7, 11) is 1.85. The smallest absolute Gasteiger partial charge is 0.248 e. The van der Waals surface area contributed by atoms with Crippen molar-refractivity contribution < 1.29 is 8.78 Å². The number of halogens is 2. The first-order valence-electron chi connectivity index (χ1n) is 5.45. The van der Waals surface area contributed by atoms with Gasteiger partial charge in [-0.1, -0.05) is 11.3 Å². The van der Waals surface area contributed by atoms with Gasteiger partial charge >= 0.3 is 0 Å². The van der Waals surface area contributed by atoms with E-state index in [9.17, 15) is 8.78 Å². The molecule has 1 saturated carbocycles. The lowest BCUT2D eigenvalue weighted by Gasteiger charge is -2.26. The van der Waals surface area contributed by atoms with Gasteiger partial charge in [0.1, 0.15) is 10.0 Å². The van der Waals surface area contributed by atoms with Crippen LogP contribution in [0.25, 0.3) is 0 Å². The maximum Gasteiger partial charge on any atom is 0.248 e. The number of nitrogens with zero attached hydrogens (tertiary/aromatic N) is 2. The molecule has 1 aromatic rings. The van der Waals surface area contributed by atoms with E-state index in [-0.39, 0.29) is 18.8 Å². The van der Waals surface area contributed by atoms with E-state index in [1.807, 2.05) is 7.05 Å². The SMILES string of the molecule is CNCc1nnc(C2CCC(F)(F)CC2)s1. The fourth-order valence-electron chi connectivity index (χ4n) is 1.94. The van der Waals surface area contributed by atoms with Gasteiger partial charge in [0.2, 0.25) is 5.92 Å². The Morgan fingerprint density at radius 3 is 2.69 bits per heavy atom. The van der Waals surface area contributed by atoms with Crippen LogP contribution >= 0.6 is 11.3 Å². The zero-order valence-corrected chi connectivity index (χ0v) is 9.99. The van der Waals surface area contributed by atoms with Crippen LogP contribution in [0.3, 0.4) is 0 Å². The molecule has 0 atom stereocenters. The van der Waals surface area contributed by atoms with E-state index in [2.05, 4.69) is 15.5 Å². The van der Waals surface area contributed by atoms with Crippen LogP contribution < -0.4 is 5.32 Å². The Morgan fingerprint density at radius 2 is 2.06 bits per heavy atom. The molecule has 0 saturated heterocycles. The topological polar surface area (TPSA) is 37.8 Å². The summed E-state index contributed by atoms with van der Waals surface area (Å²) in [5.41, 5.74) is 0. The Hall–Kier alpha value is -0.620. The van der Waals surface area contributed by atoms with E-state index in [1.165, 1.54) is 11.3 Å². The van der Waals surface area contributed by atoms with E-state index in [4.69, 9.17) is 0 Å². The van der Waals surface area contributed by atoms with Crippen molar-refractivity contribution in [2.45, 2.75) is 44.1 Å². The average Bonchev–Trinajstić information content (AvgIpc) is 2.67. The molecule has 1 N–H and O–H groups in total. The minimum atomic E-state index is -2.46. The van der Waals surface area contributed by atoms with E-state index >= 15 is 0 Å². The zero-order valence-electron chi connectivity index (χ0n) is 9.17. The highest BCUT2D eigenvalue weighted by molar-refractivity contribution is 7.11. The maximum absolute atomic E-state index is 13.0. The second kappa shape index (κ2) is 4.71. The minimum Gasteiger partial charge on any atom is -0.313 e. The summed E-state index contributed by atoms with van der Waals surface area (Å²) in [4.78, 5) is 0. The number of nitrogens with one attached hydrogen (secondary N) is 1. The van der Waals surface area contributed by atoms with Crippen molar-refractivity contribution in [3.63, 3.8) is 0 Å². The third-order valence-corrected chi connectivity index (χ3v) is 3.96. The van der Waals surface area contributed by atoms with Crippen LogP contribution in [0.5, 0.6) is 0 Å². The first-order chi connectivity index (χ1) is 7.61. The molecule has 3 nitrogen and oxygen atoms in total. The molecule has 1 aliphatic carbocycles. The van der Waals surface area contributed by atoms with Crippen molar-refractivity contribution in [3.8, 4) is 0 Å². The van der Waals surface area contributed by atoms with Gasteiger partial charge in [0.05, 0.1) is 0 Å². The van der Waals surface area contributed by atoms with Gasteiger partial charge in [-0.15, -0.1) is 10.2 Å². The van der Waals surface area contributed by atoms with Gasteiger partial charge in [0, 0.05) is 25.3 Å². The molecular weight excluding hydrogens is 232 g/mol. The molecule has 1 aromatic heterocycles. The Bertz CT molecular complexity index is 344. The summed E-state index contributed by atoms with van der Waals surface area (Å²) in [6, 6.07) is 0. The predicted octanol–water partition coefficient (Wildman–Crippen LogP) is 2.55. The highest BCUT2D eigenvalue weighted by Gasteiger charge is 2.36. The summed E-state index contributed by atoms with van der Waals surface area (Å²) in [5, 5.41) is 13.0. The van der Waals surface area contributed by atoms with Crippen molar-refractivity contribution in [1.82, 2.24) is 15.5 Å². The second-order valence-corrected chi connectivity index (χ2v) is 5.29. The molecule has 0 unspecified atom stereocenters. The number of alkyl halides is 2. The van der Waals surface area contributed by atoms with Crippen LogP contribution in [-0.4, -0.2) is 23.2 Å². The van der Waals surface area contributed by atoms with Gasteiger partial charge in [0.25, 0.3) is 0 Å². The van der Waals surface area contributed by atoms with Crippen molar-refractivity contribution >= 4 is 11.3 Å². The van der Waals surface area contributed by atoms with Gasteiger partial charge in [0.15, 0.2) is 0 Å². The predicted molar refractivity (Wildman–Crippen MR) is 58.8 cm³/mol. The van der Waals surface area contributed by atoms with Crippen LogP contribution in [0.1, 0.15) is 41.6 Å². The quantitative estimate of drug-likeness (QED) is 0.892. The lowest BCUT2D eigenvalue weighted by Crippen LogP contribution is -2.23. The fourth-order valence-corrected chi connectivity index (χ4v) is 2.96. The average molecular weight is 247 g/mol. The molecular formula is C10H15F2N3S. The van der Waals surface area contributed by atoms with E-state index in [1.54, 1.807) is 0 Å². The van der Waals surface area contributed by atoms with Crippen molar-refractivity contribution in [1.29, 1.82) is 0 Å². The molecule has 0 aliphatic heterocycles. The Balaban J connectivity index is 1.97. The van der Waals surface area contributed by atoms with Crippen LogP contribution in [0.15, 0.2) is 0 Å². The number of rotatable bonds is 3. The standard InChI is InChI=1S/C10H15F2N3S/c1-13-6-8-14-15-9(16-8)7-2-4-10(11,12)5-3-7/h7,13H,2-6H2,1H3. The molecule has 0 aromatic carbocycles. The molecule has 0 amide bonds. The van der Waals surface area contributed by atoms with Crippen molar-refractivity contribution in [2.24, 2.45) is 0 Å². The third kappa shape index (κ3) is 2.74. The van der Waals surface area contributed by atoms with Gasteiger partial charge in [-0.3, -0.25) is 0 Å².